The SMILES string of the molecule is CC[N+](CC)=C1N=C2C(C(=O)N(C)C(=O)N2C)N1CC(C)C. The number of hydrogen-bond acceptors (Lipinski definition) is 2. The van der Waals surface area contributed by atoms with E-state index in [1.54, 1.807) is 7.05 Å². The Labute approximate surface area is 131 Å². The van der Waals surface area contributed by atoms with Crippen LogP contribution in [-0.4, -0.2) is 82.8 Å². The van der Waals surface area contributed by atoms with Crippen LogP contribution < -0.4 is 0 Å². The van der Waals surface area contributed by atoms with Crippen molar-refractivity contribution >= 4 is 23.7 Å². The average molecular weight is 308 g/mol. The molecule has 1 unspecified atom stereocenters. The number of carbonyl (C=O) groups excluding carboxylic acids is 2. The molecule has 22 heavy (non-hydrogen) atoms. The predicted molar refractivity (Wildman–Crippen MR) is 85.0 cm³/mol. The molecule has 122 valence electrons. The number of amides is 3. The summed E-state index contributed by atoms with van der Waals surface area (Å²) in [4.78, 5) is 34.1. The van der Waals surface area contributed by atoms with Crippen LogP contribution >= 0.6 is 0 Å². The number of guanidine groups is 1. The van der Waals surface area contributed by atoms with Gasteiger partial charge in [-0.2, -0.15) is 0 Å². The number of amidine groups is 1. The van der Waals surface area contributed by atoms with Gasteiger partial charge in [0.1, 0.15) is 0 Å². The Bertz CT molecular complexity index is 546. The van der Waals surface area contributed by atoms with Crippen LogP contribution in [0.15, 0.2) is 4.99 Å². The Kier molecular flexibility index (Phi) is 4.53. The maximum atomic E-state index is 12.6. The fraction of sp³-hybridized carbons (Fsp3) is 0.733. The highest BCUT2D eigenvalue weighted by Gasteiger charge is 2.55. The van der Waals surface area contributed by atoms with Crippen LogP contribution in [0, 0.1) is 5.92 Å². The van der Waals surface area contributed by atoms with Gasteiger partial charge in [-0.3, -0.25) is 19.2 Å². The monoisotopic (exact) mass is 308 g/mol. The molecule has 0 saturated carbocycles. The lowest BCUT2D eigenvalue weighted by Crippen LogP contribution is -2.63. The molecule has 2 heterocycles. The van der Waals surface area contributed by atoms with Gasteiger partial charge in [0.25, 0.3) is 5.91 Å². The van der Waals surface area contributed by atoms with Crippen molar-refractivity contribution in [1.29, 1.82) is 0 Å². The number of fused-ring (bicyclic) bond motifs is 1. The summed E-state index contributed by atoms with van der Waals surface area (Å²) in [6.45, 7) is 10.7. The van der Waals surface area contributed by atoms with Gasteiger partial charge in [-0.25, -0.2) is 9.69 Å². The largest absolute Gasteiger partial charge is 0.392 e. The predicted octanol–water partition coefficient (Wildman–Crippen LogP) is 0.657. The first kappa shape index (κ1) is 16.5. The van der Waals surface area contributed by atoms with E-state index in [9.17, 15) is 9.59 Å². The van der Waals surface area contributed by atoms with E-state index in [1.165, 1.54) is 16.8 Å². The molecule has 1 atom stereocenters. The van der Waals surface area contributed by atoms with Gasteiger partial charge in [0, 0.05) is 14.1 Å². The van der Waals surface area contributed by atoms with E-state index in [4.69, 9.17) is 0 Å². The summed E-state index contributed by atoms with van der Waals surface area (Å²) in [5.74, 6) is 1.52. The van der Waals surface area contributed by atoms with Crippen molar-refractivity contribution in [2.45, 2.75) is 33.7 Å². The molecule has 0 spiro atoms. The maximum Gasteiger partial charge on any atom is 0.392 e. The van der Waals surface area contributed by atoms with E-state index in [0.29, 0.717) is 11.8 Å². The topological polar surface area (TPSA) is 59.2 Å². The minimum atomic E-state index is -0.495. The Morgan fingerprint density at radius 3 is 2.23 bits per heavy atom. The number of likely N-dealkylation sites (N-methyl/N-ethyl adjacent to an activating group) is 2. The average Bonchev–Trinajstić information content (AvgIpc) is 2.83. The molecule has 2 rings (SSSR count). The van der Waals surface area contributed by atoms with Crippen LogP contribution in [0.3, 0.4) is 0 Å². The second-order valence-corrected chi connectivity index (χ2v) is 6.13. The number of urea groups is 1. The first-order valence-corrected chi connectivity index (χ1v) is 7.85. The molecule has 0 aromatic heterocycles. The van der Waals surface area contributed by atoms with Crippen molar-refractivity contribution in [3.63, 3.8) is 0 Å². The zero-order chi connectivity index (χ0) is 16.6. The molecule has 0 N–H and O–H groups in total. The maximum absolute atomic E-state index is 12.6. The Hall–Kier alpha value is -1.92. The lowest BCUT2D eigenvalue weighted by atomic mass is 10.1. The second-order valence-electron chi connectivity index (χ2n) is 6.13. The zero-order valence-corrected chi connectivity index (χ0v) is 14.3. The summed E-state index contributed by atoms with van der Waals surface area (Å²) in [5.41, 5.74) is 0. The number of aliphatic imine (C=N–C) groups is 1. The number of carbonyl (C=O) groups is 2. The molecule has 0 radical (unpaired) electrons. The Morgan fingerprint density at radius 1 is 1.14 bits per heavy atom. The lowest BCUT2D eigenvalue weighted by Gasteiger charge is -2.33. The number of nitrogens with zero attached hydrogens (tertiary/aromatic N) is 5. The van der Waals surface area contributed by atoms with E-state index < -0.39 is 6.04 Å². The number of hydrogen-bond donors (Lipinski definition) is 0. The molecular formula is C15H26N5O2+. The van der Waals surface area contributed by atoms with Crippen molar-refractivity contribution < 1.29 is 14.2 Å². The van der Waals surface area contributed by atoms with Crippen LogP contribution in [0.2, 0.25) is 0 Å². The van der Waals surface area contributed by atoms with E-state index in [-0.39, 0.29) is 11.9 Å². The molecule has 0 bridgehead atoms. The summed E-state index contributed by atoms with van der Waals surface area (Å²) in [7, 11) is 3.21. The minimum Gasteiger partial charge on any atom is -0.270 e. The van der Waals surface area contributed by atoms with Crippen LogP contribution in [0.25, 0.3) is 0 Å². The van der Waals surface area contributed by atoms with E-state index in [2.05, 4.69) is 37.3 Å². The quantitative estimate of drug-likeness (QED) is 0.717. The first-order chi connectivity index (χ1) is 10.3. The van der Waals surface area contributed by atoms with Gasteiger partial charge in [-0.05, 0) is 19.8 Å². The third-order valence-electron chi connectivity index (χ3n) is 4.12. The van der Waals surface area contributed by atoms with Crippen LogP contribution in [0.1, 0.15) is 27.7 Å². The van der Waals surface area contributed by atoms with Gasteiger partial charge in [0.05, 0.1) is 19.6 Å². The molecule has 0 aromatic carbocycles. The van der Waals surface area contributed by atoms with Crippen LogP contribution in [-0.2, 0) is 4.79 Å². The van der Waals surface area contributed by atoms with Gasteiger partial charge in [0.2, 0.25) is 11.9 Å². The van der Waals surface area contributed by atoms with Crippen LogP contribution in [0.5, 0.6) is 0 Å². The van der Waals surface area contributed by atoms with Gasteiger partial charge in [-0.1, -0.05) is 18.8 Å². The molecule has 0 aliphatic carbocycles. The fourth-order valence-corrected chi connectivity index (χ4v) is 2.92. The molecule has 0 aromatic rings. The highest BCUT2D eigenvalue weighted by Crippen LogP contribution is 2.23. The highest BCUT2D eigenvalue weighted by atomic mass is 16.2. The van der Waals surface area contributed by atoms with Gasteiger partial charge in [-0.15, -0.1) is 0 Å². The minimum absolute atomic E-state index is 0.204. The number of imide groups is 1. The van der Waals surface area contributed by atoms with Crippen molar-refractivity contribution in [2.75, 3.05) is 33.7 Å². The first-order valence-electron chi connectivity index (χ1n) is 7.85. The molecule has 7 nitrogen and oxygen atoms in total. The third-order valence-corrected chi connectivity index (χ3v) is 4.12. The van der Waals surface area contributed by atoms with E-state index in [0.717, 1.165) is 25.6 Å². The highest BCUT2D eigenvalue weighted by molar-refractivity contribution is 6.25. The summed E-state index contributed by atoms with van der Waals surface area (Å²) in [5, 5.41) is 0. The van der Waals surface area contributed by atoms with Crippen molar-refractivity contribution in [3.8, 4) is 0 Å². The van der Waals surface area contributed by atoms with Crippen molar-refractivity contribution in [3.05, 3.63) is 0 Å². The standard InChI is InChI=1S/C15H26N5O2/c1-7-19(8-2)14-16-12-11(20(14)9-10(3)4)13(21)18(6)15(22)17(12)5/h10-11H,7-9H2,1-6H3/q+1. The lowest BCUT2D eigenvalue weighted by molar-refractivity contribution is -0.526. The summed E-state index contributed by atoms with van der Waals surface area (Å²) in [6, 6.07) is -0.823. The third kappa shape index (κ3) is 2.48. The van der Waals surface area contributed by atoms with E-state index in [1.807, 2.05) is 4.90 Å². The summed E-state index contributed by atoms with van der Waals surface area (Å²) in [6.07, 6.45) is 0. The molecule has 1 saturated heterocycles. The molecule has 2 aliphatic heterocycles. The summed E-state index contributed by atoms with van der Waals surface area (Å²) < 4.78 is 2.12. The van der Waals surface area contributed by atoms with E-state index >= 15 is 0 Å². The smallest absolute Gasteiger partial charge is 0.270 e. The fourth-order valence-electron chi connectivity index (χ4n) is 2.92. The molecule has 7 heteroatoms. The van der Waals surface area contributed by atoms with Crippen LogP contribution in [0.4, 0.5) is 4.79 Å². The zero-order valence-electron chi connectivity index (χ0n) is 14.3. The number of rotatable bonds is 4. The molecule has 1 fully saturated rings. The normalized spacial score (nSPS) is 21.8. The Balaban J connectivity index is 2.54. The molecule has 2 aliphatic rings. The molecule has 3 amide bonds. The second kappa shape index (κ2) is 6.06. The van der Waals surface area contributed by atoms with Crippen molar-refractivity contribution in [2.24, 2.45) is 10.9 Å². The van der Waals surface area contributed by atoms with Crippen molar-refractivity contribution in [1.82, 2.24) is 14.7 Å². The van der Waals surface area contributed by atoms with Gasteiger partial charge in [0.15, 0.2) is 0 Å². The van der Waals surface area contributed by atoms with Gasteiger partial charge >= 0.3 is 12.0 Å². The molecular weight excluding hydrogens is 282 g/mol. The Morgan fingerprint density at radius 2 is 1.73 bits per heavy atom. The van der Waals surface area contributed by atoms with Gasteiger partial charge < -0.3 is 0 Å². The summed E-state index contributed by atoms with van der Waals surface area (Å²) >= 11 is 0.